The third-order valence-corrected chi connectivity index (χ3v) is 13.8. The molecule has 12 aromatic carbocycles. The molecular formula is C66H44N2. The first kappa shape index (κ1) is 39.4. The van der Waals surface area contributed by atoms with Crippen LogP contribution in [-0.4, -0.2) is 4.57 Å². The van der Waals surface area contributed by atoms with Crippen molar-refractivity contribution in [2.75, 3.05) is 4.90 Å². The van der Waals surface area contributed by atoms with E-state index in [0.717, 1.165) is 28.3 Å². The Morgan fingerprint density at radius 1 is 0.250 bits per heavy atom. The van der Waals surface area contributed by atoms with E-state index in [1.54, 1.807) is 0 Å². The molecule has 0 aliphatic heterocycles. The molecule has 2 nitrogen and oxygen atoms in total. The zero-order valence-corrected chi connectivity index (χ0v) is 37.3. The molecule has 0 amide bonds. The van der Waals surface area contributed by atoms with E-state index >= 15 is 0 Å². The molecular weight excluding hydrogens is 821 g/mol. The molecule has 1 aromatic heterocycles. The zero-order chi connectivity index (χ0) is 45.0. The molecule has 0 atom stereocenters. The van der Waals surface area contributed by atoms with Gasteiger partial charge in [0.1, 0.15) is 0 Å². The van der Waals surface area contributed by atoms with Crippen LogP contribution in [0.5, 0.6) is 0 Å². The van der Waals surface area contributed by atoms with Gasteiger partial charge in [-0.15, -0.1) is 0 Å². The van der Waals surface area contributed by atoms with Crippen LogP contribution in [0.2, 0.25) is 0 Å². The van der Waals surface area contributed by atoms with Gasteiger partial charge < -0.3 is 9.47 Å². The highest BCUT2D eigenvalue weighted by atomic mass is 15.1. The summed E-state index contributed by atoms with van der Waals surface area (Å²) in [6.45, 7) is 0. The maximum absolute atomic E-state index is 2.42. The maximum Gasteiger partial charge on any atom is 0.0547 e. The van der Waals surface area contributed by atoms with Crippen LogP contribution in [0, 0.1) is 0 Å². The van der Waals surface area contributed by atoms with Crippen molar-refractivity contribution in [3.05, 3.63) is 267 Å². The topological polar surface area (TPSA) is 8.17 Å². The lowest BCUT2D eigenvalue weighted by Crippen LogP contribution is -2.10. The summed E-state index contributed by atoms with van der Waals surface area (Å²) in [5, 5.41) is 9.96. The first-order chi connectivity index (χ1) is 33.7. The van der Waals surface area contributed by atoms with E-state index in [1.165, 1.54) is 93.1 Å². The van der Waals surface area contributed by atoms with Crippen LogP contribution in [0.15, 0.2) is 267 Å². The van der Waals surface area contributed by atoms with Gasteiger partial charge in [-0.05, 0) is 137 Å². The van der Waals surface area contributed by atoms with Crippen LogP contribution in [0.4, 0.5) is 17.1 Å². The van der Waals surface area contributed by atoms with E-state index in [4.69, 9.17) is 0 Å². The quantitative estimate of drug-likeness (QED) is 0.138. The maximum atomic E-state index is 2.42. The Labute approximate surface area is 395 Å². The number of hydrogen-bond acceptors (Lipinski definition) is 1. The summed E-state index contributed by atoms with van der Waals surface area (Å²) in [7, 11) is 0. The van der Waals surface area contributed by atoms with E-state index in [1.807, 2.05) is 0 Å². The zero-order valence-electron chi connectivity index (χ0n) is 37.3. The van der Waals surface area contributed by atoms with E-state index in [0.29, 0.717) is 0 Å². The van der Waals surface area contributed by atoms with E-state index in [-0.39, 0.29) is 0 Å². The van der Waals surface area contributed by atoms with Crippen LogP contribution >= 0.6 is 0 Å². The fourth-order valence-corrected chi connectivity index (χ4v) is 10.5. The van der Waals surface area contributed by atoms with Crippen molar-refractivity contribution < 1.29 is 0 Å². The van der Waals surface area contributed by atoms with Crippen molar-refractivity contribution >= 4 is 71.2 Å². The van der Waals surface area contributed by atoms with Gasteiger partial charge in [-0.25, -0.2) is 0 Å². The molecule has 318 valence electrons. The molecule has 68 heavy (non-hydrogen) atoms. The minimum atomic E-state index is 1.09. The Kier molecular flexibility index (Phi) is 9.54. The minimum Gasteiger partial charge on any atom is -0.310 e. The molecule has 1 heterocycles. The van der Waals surface area contributed by atoms with Gasteiger partial charge in [0.2, 0.25) is 0 Å². The van der Waals surface area contributed by atoms with Crippen molar-refractivity contribution in [2.45, 2.75) is 0 Å². The monoisotopic (exact) mass is 864 g/mol. The number of rotatable bonds is 8. The number of nitrogens with zero attached hydrogens (tertiary/aromatic N) is 2. The predicted molar refractivity (Wildman–Crippen MR) is 290 cm³/mol. The average molecular weight is 865 g/mol. The number of fused-ring (bicyclic) bond motifs is 7. The van der Waals surface area contributed by atoms with E-state index in [2.05, 4.69) is 276 Å². The molecule has 0 saturated heterocycles. The van der Waals surface area contributed by atoms with Crippen LogP contribution in [-0.2, 0) is 0 Å². The molecule has 0 unspecified atom stereocenters. The lowest BCUT2D eigenvalue weighted by Gasteiger charge is -2.27. The molecule has 0 N–H and O–H groups in total. The highest BCUT2D eigenvalue weighted by molar-refractivity contribution is 6.16. The second-order valence-corrected chi connectivity index (χ2v) is 17.7. The second kappa shape index (κ2) is 16.5. The molecule has 0 saturated carbocycles. The SMILES string of the molecule is c1ccc(-c2ccc3c4c(-c5cccc(N(c6ccc(-c7ccc(-c8cccc9ccccc89)cc7)cc6)c6ccc7c(ccc8ccccc87)c6)c5)cccc4n(-c4ccccc4)c3c2)cc1. The molecule has 0 aliphatic carbocycles. The summed E-state index contributed by atoms with van der Waals surface area (Å²) in [6, 6.07) is 97.5. The molecule has 0 spiro atoms. The van der Waals surface area contributed by atoms with Crippen LogP contribution < -0.4 is 4.90 Å². The molecule has 13 aromatic rings. The lowest BCUT2D eigenvalue weighted by molar-refractivity contribution is 1.18. The van der Waals surface area contributed by atoms with Crippen molar-refractivity contribution in [3.63, 3.8) is 0 Å². The Bertz CT molecular complexity index is 3990. The summed E-state index contributed by atoms with van der Waals surface area (Å²) in [4.78, 5) is 2.41. The fraction of sp³-hybridized carbons (Fsp3) is 0. The summed E-state index contributed by atoms with van der Waals surface area (Å²) >= 11 is 0. The van der Waals surface area contributed by atoms with E-state index < -0.39 is 0 Å². The normalized spacial score (nSPS) is 11.5. The Hall–Kier alpha value is -8.98. The standard InChI is InChI=1S/C66H44N2/c1-3-14-45(15-4-1)51-36-40-63-65(44-51)68(54-20-5-2-6-21-54)64-27-13-26-62(66(63)64)52-19-11-22-56(42-52)67(57-39-41-61-53(43-57)33-32-49-17-8-10-24-59(49)61)55-37-34-47(35-38-55)46-28-30-50(31-29-46)60-25-12-18-48-16-7-9-23-58(48)60/h1-44H. The van der Waals surface area contributed by atoms with Crippen molar-refractivity contribution in [3.8, 4) is 50.2 Å². The molecule has 2 heteroatoms. The number of aromatic nitrogens is 1. The van der Waals surface area contributed by atoms with Crippen molar-refractivity contribution in [1.29, 1.82) is 0 Å². The Morgan fingerprint density at radius 2 is 0.779 bits per heavy atom. The van der Waals surface area contributed by atoms with Crippen molar-refractivity contribution in [1.82, 2.24) is 4.57 Å². The lowest BCUT2D eigenvalue weighted by atomic mass is 9.96. The third kappa shape index (κ3) is 6.82. The summed E-state index contributed by atoms with van der Waals surface area (Å²) in [6.07, 6.45) is 0. The summed E-state index contributed by atoms with van der Waals surface area (Å²) < 4.78 is 2.42. The van der Waals surface area contributed by atoms with Gasteiger partial charge in [0.25, 0.3) is 0 Å². The summed E-state index contributed by atoms with van der Waals surface area (Å²) in [5.74, 6) is 0. The Balaban J connectivity index is 0.938. The van der Waals surface area contributed by atoms with Gasteiger partial charge in [-0.2, -0.15) is 0 Å². The number of benzene rings is 12. The average Bonchev–Trinajstić information content (AvgIpc) is 3.75. The van der Waals surface area contributed by atoms with Crippen LogP contribution in [0.25, 0.3) is 104 Å². The third-order valence-electron chi connectivity index (χ3n) is 13.8. The first-order valence-electron chi connectivity index (χ1n) is 23.4. The van der Waals surface area contributed by atoms with Gasteiger partial charge in [-0.3, -0.25) is 0 Å². The second-order valence-electron chi connectivity index (χ2n) is 17.7. The molecule has 13 rings (SSSR count). The summed E-state index contributed by atoms with van der Waals surface area (Å²) in [5.41, 5.74) is 16.4. The number of anilines is 3. The highest BCUT2D eigenvalue weighted by Crippen LogP contribution is 2.44. The van der Waals surface area contributed by atoms with Gasteiger partial charge in [0.15, 0.2) is 0 Å². The van der Waals surface area contributed by atoms with Gasteiger partial charge in [-0.1, -0.05) is 206 Å². The van der Waals surface area contributed by atoms with Crippen LogP contribution in [0.1, 0.15) is 0 Å². The largest absolute Gasteiger partial charge is 0.310 e. The van der Waals surface area contributed by atoms with Gasteiger partial charge >= 0.3 is 0 Å². The smallest absolute Gasteiger partial charge is 0.0547 e. The molecule has 0 aliphatic rings. The Morgan fingerprint density at radius 3 is 1.59 bits per heavy atom. The van der Waals surface area contributed by atoms with Gasteiger partial charge in [0.05, 0.1) is 11.0 Å². The number of para-hydroxylation sites is 1. The number of hydrogen-bond donors (Lipinski definition) is 0. The fourth-order valence-electron chi connectivity index (χ4n) is 10.5. The molecule has 0 bridgehead atoms. The van der Waals surface area contributed by atoms with Crippen LogP contribution in [0.3, 0.4) is 0 Å². The van der Waals surface area contributed by atoms with E-state index in [9.17, 15) is 0 Å². The first-order valence-corrected chi connectivity index (χ1v) is 23.4. The molecule has 0 fully saturated rings. The minimum absolute atomic E-state index is 1.09. The highest BCUT2D eigenvalue weighted by Gasteiger charge is 2.20. The predicted octanol–water partition coefficient (Wildman–Crippen LogP) is 18.4. The van der Waals surface area contributed by atoms with Gasteiger partial charge in [0, 0.05) is 33.5 Å². The molecule has 0 radical (unpaired) electrons. The van der Waals surface area contributed by atoms with Crippen molar-refractivity contribution in [2.24, 2.45) is 0 Å².